The van der Waals surface area contributed by atoms with Crippen LogP contribution < -0.4 is 11.1 Å². The molecule has 0 fully saturated rings. The molecule has 0 aliphatic heterocycles. The van der Waals surface area contributed by atoms with Crippen molar-refractivity contribution in [3.05, 3.63) is 22.7 Å². The number of halogens is 3. The molecular formula is C8H9BrF2N2. The second-order valence-electron chi connectivity index (χ2n) is 2.50. The fraction of sp³-hybridized carbons (Fsp3) is 0.250. The maximum Gasteiger partial charge on any atom is 0.255 e. The topological polar surface area (TPSA) is 38.0 Å². The van der Waals surface area contributed by atoms with Crippen LogP contribution in [0.1, 0.15) is 0 Å². The summed E-state index contributed by atoms with van der Waals surface area (Å²) < 4.78 is 24.5. The Bertz CT molecular complexity index is 291. The SMILES string of the molecule is Nc1ccc(Br)cc1NCC(F)F. The Morgan fingerprint density at radius 3 is 2.77 bits per heavy atom. The fourth-order valence-corrected chi connectivity index (χ4v) is 1.23. The van der Waals surface area contributed by atoms with Gasteiger partial charge in [0.2, 0.25) is 0 Å². The molecule has 0 aromatic heterocycles. The van der Waals surface area contributed by atoms with E-state index in [4.69, 9.17) is 5.73 Å². The van der Waals surface area contributed by atoms with E-state index >= 15 is 0 Å². The van der Waals surface area contributed by atoms with Crippen LogP contribution in [-0.4, -0.2) is 13.0 Å². The molecule has 72 valence electrons. The fourth-order valence-electron chi connectivity index (χ4n) is 0.869. The summed E-state index contributed by atoms with van der Waals surface area (Å²) in [5, 5.41) is 2.55. The predicted molar refractivity (Wildman–Crippen MR) is 53.0 cm³/mol. The van der Waals surface area contributed by atoms with Gasteiger partial charge in [0, 0.05) is 4.47 Å². The van der Waals surface area contributed by atoms with Crippen LogP contribution in [0.15, 0.2) is 22.7 Å². The number of hydrogen-bond donors (Lipinski definition) is 2. The molecular weight excluding hydrogens is 242 g/mol. The third-order valence-electron chi connectivity index (χ3n) is 1.46. The van der Waals surface area contributed by atoms with Crippen molar-refractivity contribution in [2.45, 2.75) is 6.43 Å². The number of nitrogen functional groups attached to an aromatic ring is 1. The first kappa shape index (κ1) is 10.2. The minimum absolute atomic E-state index is 0.388. The molecule has 0 unspecified atom stereocenters. The van der Waals surface area contributed by atoms with Gasteiger partial charge in [-0.3, -0.25) is 0 Å². The van der Waals surface area contributed by atoms with E-state index in [1.54, 1.807) is 18.2 Å². The van der Waals surface area contributed by atoms with E-state index in [-0.39, 0.29) is 6.54 Å². The Balaban J connectivity index is 2.70. The summed E-state index contributed by atoms with van der Waals surface area (Å²) in [6.45, 7) is -0.388. The molecule has 0 heterocycles. The number of benzene rings is 1. The van der Waals surface area contributed by atoms with Crippen LogP contribution in [-0.2, 0) is 0 Å². The minimum atomic E-state index is -2.38. The van der Waals surface area contributed by atoms with Crippen LogP contribution in [0.25, 0.3) is 0 Å². The van der Waals surface area contributed by atoms with Crippen LogP contribution in [0.2, 0.25) is 0 Å². The molecule has 5 heteroatoms. The Labute approximate surface area is 83.2 Å². The molecule has 2 nitrogen and oxygen atoms in total. The smallest absolute Gasteiger partial charge is 0.255 e. The second-order valence-corrected chi connectivity index (χ2v) is 3.42. The van der Waals surface area contributed by atoms with Crippen LogP contribution in [0.3, 0.4) is 0 Å². The van der Waals surface area contributed by atoms with Crippen LogP contribution in [0, 0.1) is 0 Å². The zero-order valence-corrected chi connectivity index (χ0v) is 8.31. The summed E-state index contributed by atoms with van der Waals surface area (Å²) in [6, 6.07) is 5.07. The van der Waals surface area contributed by atoms with Gasteiger partial charge in [-0.25, -0.2) is 8.78 Å². The van der Waals surface area contributed by atoms with E-state index in [2.05, 4.69) is 21.2 Å². The highest BCUT2D eigenvalue weighted by Gasteiger charge is 2.04. The number of anilines is 2. The molecule has 0 saturated heterocycles. The molecule has 3 N–H and O–H groups in total. The monoisotopic (exact) mass is 250 g/mol. The third kappa shape index (κ3) is 3.18. The number of nitrogens with one attached hydrogen (secondary N) is 1. The van der Waals surface area contributed by atoms with E-state index in [0.717, 1.165) is 4.47 Å². The van der Waals surface area contributed by atoms with Gasteiger partial charge in [-0.1, -0.05) is 15.9 Å². The van der Waals surface area contributed by atoms with Gasteiger partial charge in [0.25, 0.3) is 6.43 Å². The molecule has 0 atom stereocenters. The summed E-state index contributed by atoms with van der Waals surface area (Å²) in [7, 11) is 0. The van der Waals surface area contributed by atoms with Crippen LogP contribution in [0.4, 0.5) is 20.2 Å². The molecule has 1 aromatic rings. The number of rotatable bonds is 3. The Morgan fingerprint density at radius 1 is 1.46 bits per heavy atom. The molecule has 0 saturated carbocycles. The zero-order chi connectivity index (χ0) is 9.84. The van der Waals surface area contributed by atoms with Gasteiger partial charge in [0.15, 0.2) is 0 Å². The molecule has 13 heavy (non-hydrogen) atoms. The van der Waals surface area contributed by atoms with Gasteiger partial charge >= 0.3 is 0 Å². The van der Waals surface area contributed by atoms with Crippen LogP contribution >= 0.6 is 15.9 Å². The molecule has 0 aliphatic rings. The van der Waals surface area contributed by atoms with Gasteiger partial charge in [-0.15, -0.1) is 0 Å². The largest absolute Gasteiger partial charge is 0.397 e. The van der Waals surface area contributed by atoms with Crippen molar-refractivity contribution in [1.82, 2.24) is 0 Å². The van der Waals surface area contributed by atoms with Crippen molar-refractivity contribution >= 4 is 27.3 Å². The van der Waals surface area contributed by atoms with Gasteiger partial charge in [0.1, 0.15) is 0 Å². The summed E-state index contributed by atoms with van der Waals surface area (Å²) >= 11 is 3.22. The molecule has 1 rings (SSSR count). The van der Waals surface area contributed by atoms with Crippen molar-refractivity contribution in [2.24, 2.45) is 0 Å². The minimum Gasteiger partial charge on any atom is -0.397 e. The van der Waals surface area contributed by atoms with Crippen molar-refractivity contribution in [2.75, 3.05) is 17.6 Å². The van der Waals surface area contributed by atoms with Crippen molar-refractivity contribution < 1.29 is 8.78 Å². The highest BCUT2D eigenvalue weighted by molar-refractivity contribution is 9.10. The lowest BCUT2D eigenvalue weighted by Gasteiger charge is -2.08. The third-order valence-corrected chi connectivity index (χ3v) is 1.96. The maximum atomic E-state index is 11.8. The standard InChI is InChI=1S/C8H9BrF2N2/c9-5-1-2-6(12)7(3-5)13-4-8(10)11/h1-3,8,13H,4,12H2. The van der Waals surface area contributed by atoms with E-state index in [1.807, 2.05) is 0 Å². The molecule has 0 amide bonds. The summed E-state index contributed by atoms with van der Waals surface area (Å²) in [4.78, 5) is 0. The van der Waals surface area contributed by atoms with E-state index in [9.17, 15) is 8.78 Å². The highest BCUT2D eigenvalue weighted by Crippen LogP contribution is 2.23. The van der Waals surface area contributed by atoms with Crippen molar-refractivity contribution in [1.29, 1.82) is 0 Å². The first-order valence-electron chi connectivity index (χ1n) is 3.66. The Kier molecular flexibility index (Phi) is 3.48. The summed E-state index contributed by atoms with van der Waals surface area (Å²) in [5.74, 6) is 0. The lowest BCUT2D eigenvalue weighted by molar-refractivity contribution is 0.163. The first-order valence-corrected chi connectivity index (χ1v) is 4.46. The van der Waals surface area contributed by atoms with Gasteiger partial charge in [-0.05, 0) is 18.2 Å². The predicted octanol–water partition coefficient (Wildman–Crippen LogP) is 2.71. The molecule has 0 aliphatic carbocycles. The lowest BCUT2D eigenvalue weighted by atomic mass is 10.3. The number of hydrogen-bond acceptors (Lipinski definition) is 2. The zero-order valence-electron chi connectivity index (χ0n) is 6.73. The highest BCUT2D eigenvalue weighted by atomic mass is 79.9. The van der Waals surface area contributed by atoms with Gasteiger partial charge < -0.3 is 11.1 Å². The number of nitrogens with two attached hydrogens (primary N) is 1. The first-order chi connectivity index (χ1) is 6.09. The van der Waals surface area contributed by atoms with Gasteiger partial charge in [0.05, 0.1) is 17.9 Å². The molecule has 0 spiro atoms. The molecule has 1 aromatic carbocycles. The lowest BCUT2D eigenvalue weighted by Crippen LogP contribution is -2.11. The van der Waals surface area contributed by atoms with E-state index < -0.39 is 6.43 Å². The summed E-state index contributed by atoms with van der Waals surface area (Å²) in [6.07, 6.45) is -2.38. The van der Waals surface area contributed by atoms with E-state index in [1.165, 1.54) is 0 Å². The van der Waals surface area contributed by atoms with Gasteiger partial charge in [-0.2, -0.15) is 0 Å². The van der Waals surface area contributed by atoms with Crippen LogP contribution in [0.5, 0.6) is 0 Å². The number of alkyl halides is 2. The van der Waals surface area contributed by atoms with E-state index in [0.29, 0.717) is 11.4 Å². The van der Waals surface area contributed by atoms with Crippen molar-refractivity contribution in [3.8, 4) is 0 Å². The molecule has 0 bridgehead atoms. The van der Waals surface area contributed by atoms with Crippen molar-refractivity contribution in [3.63, 3.8) is 0 Å². The normalized spacial score (nSPS) is 10.5. The average Bonchev–Trinajstić information content (AvgIpc) is 2.06. The Hall–Kier alpha value is -0.840. The maximum absolute atomic E-state index is 11.8. The molecule has 0 radical (unpaired) electrons. The second kappa shape index (κ2) is 4.41. The average molecular weight is 251 g/mol. The quantitative estimate of drug-likeness (QED) is 0.810. The summed E-state index contributed by atoms with van der Waals surface area (Å²) in [5.41, 5.74) is 6.53. The Morgan fingerprint density at radius 2 is 2.15 bits per heavy atom.